The Morgan fingerprint density at radius 1 is 1.50 bits per heavy atom. The van der Waals surface area contributed by atoms with E-state index in [2.05, 4.69) is 15.3 Å². The molecule has 14 heavy (non-hydrogen) atoms. The van der Waals surface area contributed by atoms with Crippen molar-refractivity contribution in [1.29, 1.82) is 0 Å². The third-order valence-electron chi connectivity index (χ3n) is 2.09. The first-order chi connectivity index (χ1) is 6.66. The predicted molar refractivity (Wildman–Crippen MR) is 51.5 cm³/mol. The van der Waals surface area contributed by atoms with Gasteiger partial charge in [-0.05, 0) is 6.92 Å². The number of anilines is 1. The summed E-state index contributed by atoms with van der Waals surface area (Å²) >= 11 is 0. The van der Waals surface area contributed by atoms with E-state index in [0.717, 1.165) is 11.4 Å². The van der Waals surface area contributed by atoms with Gasteiger partial charge in [-0.25, -0.2) is 0 Å². The minimum absolute atomic E-state index is 0.562. The molecule has 0 radical (unpaired) electrons. The van der Waals surface area contributed by atoms with E-state index in [0.29, 0.717) is 12.4 Å². The first kappa shape index (κ1) is 8.74. The monoisotopic (exact) mass is 192 g/mol. The molecule has 6 nitrogen and oxygen atoms in total. The zero-order valence-corrected chi connectivity index (χ0v) is 8.18. The second kappa shape index (κ2) is 3.13. The van der Waals surface area contributed by atoms with Gasteiger partial charge in [0, 0.05) is 18.8 Å². The highest BCUT2D eigenvalue weighted by Gasteiger charge is 2.04. The summed E-state index contributed by atoms with van der Waals surface area (Å²) in [6.45, 7) is 2.52. The molecule has 0 fully saturated rings. The molecule has 0 saturated heterocycles. The number of hydrogen-bond donors (Lipinski definition) is 1. The van der Waals surface area contributed by atoms with Crippen molar-refractivity contribution < 1.29 is 0 Å². The minimum atomic E-state index is 0.562. The molecule has 0 aliphatic rings. The van der Waals surface area contributed by atoms with Gasteiger partial charge in [-0.2, -0.15) is 5.10 Å². The van der Waals surface area contributed by atoms with Crippen molar-refractivity contribution in [3.8, 4) is 0 Å². The van der Waals surface area contributed by atoms with Crippen LogP contribution in [-0.2, 0) is 13.6 Å². The third-order valence-corrected chi connectivity index (χ3v) is 2.09. The van der Waals surface area contributed by atoms with Crippen LogP contribution in [0.4, 0.5) is 5.82 Å². The zero-order chi connectivity index (χ0) is 10.1. The van der Waals surface area contributed by atoms with Gasteiger partial charge in [-0.15, -0.1) is 10.2 Å². The summed E-state index contributed by atoms with van der Waals surface area (Å²) in [6.07, 6.45) is 3.55. The van der Waals surface area contributed by atoms with Crippen LogP contribution in [-0.4, -0.2) is 24.5 Å². The SMILES string of the molecule is Cc1cn(Cc2nncn2C)nc1N. The lowest BCUT2D eigenvalue weighted by molar-refractivity contribution is 0.632. The van der Waals surface area contributed by atoms with E-state index < -0.39 is 0 Å². The molecule has 0 aliphatic carbocycles. The lowest BCUT2D eigenvalue weighted by atomic mass is 10.4. The molecule has 0 saturated carbocycles. The van der Waals surface area contributed by atoms with Gasteiger partial charge < -0.3 is 10.3 Å². The van der Waals surface area contributed by atoms with Crippen LogP contribution in [0, 0.1) is 6.92 Å². The van der Waals surface area contributed by atoms with Gasteiger partial charge in [-0.3, -0.25) is 4.68 Å². The largest absolute Gasteiger partial charge is 0.382 e. The number of nitrogen functional groups attached to an aromatic ring is 1. The van der Waals surface area contributed by atoms with Gasteiger partial charge in [0.15, 0.2) is 5.82 Å². The number of nitrogens with zero attached hydrogens (tertiary/aromatic N) is 5. The normalized spacial score (nSPS) is 10.7. The van der Waals surface area contributed by atoms with Crippen molar-refractivity contribution in [2.45, 2.75) is 13.5 Å². The molecule has 2 rings (SSSR count). The van der Waals surface area contributed by atoms with E-state index in [1.54, 1.807) is 11.0 Å². The van der Waals surface area contributed by atoms with E-state index in [4.69, 9.17) is 5.73 Å². The zero-order valence-electron chi connectivity index (χ0n) is 8.18. The number of nitrogens with two attached hydrogens (primary N) is 1. The van der Waals surface area contributed by atoms with Crippen LogP contribution in [0.5, 0.6) is 0 Å². The molecule has 6 heteroatoms. The summed E-state index contributed by atoms with van der Waals surface area (Å²) in [4.78, 5) is 0. The van der Waals surface area contributed by atoms with Crippen LogP contribution in [0.3, 0.4) is 0 Å². The van der Waals surface area contributed by atoms with Crippen LogP contribution >= 0.6 is 0 Å². The second-order valence-electron chi connectivity index (χ2n) is 3.25. The Balaban J connectivity index is 2.23. The molecule has 0 atom stereocenters. The lowest BCUT2D eigenvalue weighted by Crippen LogP contribution is -2.06. The molecule has 0 amide bonds. The standard InChI is InChI=1S/C8H12N6/c1-6-3-14(12-8(6)9)4-7-11-10-5-13(7)2/h3,5H,4H2,1-2H3,(H2,9,12). The topological polar surface area (TPSA) is 74.5 Å². The van der Waals surface area contributed by atoms with Crippen molar-refractivity contribution in [3.63, 3.8) is 0 Å². The Bertz CT molecular complexity index is 421. The van der Waals surface area contributed by atoms with Gasteiger partial charge in [0.25, 0.3) is 0 Å². The summed E-state index contributed by atoms with van der Waals surface area (Å²) in [5.74, 6) is 1.42. The molecule has 0 aromatic carbocycles. The van der Waals surface area contributed by atoms with Crippen molar-refractivity contribution in [3.05, 3.63) is 23.9 Å². The Kier molecular flexibility index (Phi) is 1.95. The molecule has 2 aromatic rings. The van der Waals surface area contributed by atoms with Gasteiger partial charge in [-0.1, -0.05) is 0 Å². The van der Waals surface area contributed by atoms with E-state index in [1.807, 2.05) is 24.7 Å². The molecule has 0 spiro atoms. The first-order valence-corrected chi connectivity index (χ1v) is 4.29. The molecular weight excluding hydrogens is 180 g/mol. The average Bonchev–Trinajstić information content (AvgIpc) is 2.63. The summed E-state index contributed by atoms with van der Waals surface area (Å²) in [5, 5.41) is 11.9. The van der Waals surface area contributed by atoms with Crippen LogP contribution < -0.4 is 5.73 Å². The summed E-state index contributed by atoms with van der Waals surface area (Å²) in [7, 11) is 1.90. The lowest BCUT2D eigenvalue weighted by Gasteiger charge is -1.99. The predicted octanol–water partition coefficient (Wildman–Crippen LogP) is -0.0495. The second-order valence-corrected chi connectivity index (χ2v) is 3.25. The van der Waals surface area contributed by atoms with E-state index >= 15 is 0 Å². The highest BCUT2D eigenvalue weighted by Crippen LogP contribution is 2.07. The quantitative estimate of drug-likeness (QED) is 0.724. The fraction of sp³-hybridized carbons (Fsp3) is 0.375. The summed E-state index contributed by atoms with van der Waals surface area (Å²) in [5.41, 5.74) is 6.61. The first-order valence-electron chi connectivity index (χ1n) is 4.29. The van der Waals surface area contributed by atoms with Crippen LogP contribution in [0.1, 0.15) is 11.4 Å². The molecule has 74 valence electrons. The maximum atomic E-state index is 5.63. The number of rotatable bonds is 2. The maximum absolute atomic E-state index is 5.63. The highest BCUT2D eigenvalue weighted by molar-refractivity contribution is 5.35. The molecule has 2 aromatic heterocycles. The fourth-order valence-electron chi connectivity index (χ4n) is 1.21. The fourth-order valence-corrected chi connectivity index (χ4v) is 1.21. The Morgan fingerprint density at radius 3 is 2.79 bits per heavy atom. The Hall–Kier alpha value is -1.85. The summed E-state index contributed by atoms with van der Waals surface area (Å²) in [6, 6.07) is 0. The molecule has 2 N–H and O–H groups in total. The van der Waals surface area contributed by atoms with Gasteiger partial charge >= 0.3 is 0 Å². The smallest absolute Gasteiger partial charge is 0.154 e. The molecule has 0 bridgehead atoms. The number of aromatic nitrogens is 5. The van der Waals surface area contributed by atoms with Crippen molar-refractivity contribution in [2.24, 2.45) is 7.05 Å². The maximum Gasteiger partial charge on any atom is 0.154 e. The van der Waals surface area contributed by atoms with Crippen LogP contribution in [0.15, 0.2) is 12.5 Å². The van der Waals surface area contributed by atoms with Crippen molar-refractivity contribution in [2.75, 3.05) is 5.73 Å². The Morgan fingerprint density at radius 2 is 2.29 bits per heavy atom. The third kappa shape index (κ3) is 1.46. The van der Waals surface area contributed by atoms with Gasteiger partial charge in [0.1, 0.15) is 18.7 Å². The van der Waals surface area contributed by atoms with Crippen LogP contribution in [0.2, 0.25) is 0 Å². The van der Waals surface area contributed by atoms with E-state index in [9.17, 15) is 0 Å². The van der Waals surface area contributed by atoms with Crippen LogP contribution in [0.25, 0.3) is 0 Å². The minimum Gasteiger partial charge on any atom is -0.382 e. The molecule has 2 heterocycles. The van der Waals surface area contributed by atoms with E-state index in [1.165, 1.54) is 0 Å². The van der Waals surface area contributed by atoms with E-state index in [-0.39, 0.29) is 0 Å². The van der Waals surface area contributed by atoms with Gasteiger partial charge in [0.2, 0.25) is 0 Å². The number of hydrogen-bond acceptors (Lipinski definition) is 4. The Labute approximate surface area is 81.4 Å². The van der Waals surface area contributed by atoms with Crippen molar-refractivity contribution in [1.82, 2.24) is 24.5 Å². The molecule has 0 aliphatic heterocycles. The van der Waals surface area contributed by atoms with Crippen molar-refractivity contribution >= 4 is 5.82 Å². The average molecular weight is 192 g/mol. The highest BCUT2D eigenvalue weighted by atomic mass is 15.3. The summed E-state index contributed by atoms with van der Waals surface area (Å²) < 4.78 is 3.61. The molecular formula is C8H12N6. The number of aryl methyl sites for hydroxylation is 2. The molecule has 0 unspecified atom stereocenters. The van der Waals surface area contributed by atoms with Gasteiger partial charge in [0.05, 0.1) is 0 Å².